The van der Waals surface area contributed by atoms with Crippen molar-refractivity contribution in [2.75, 3.05) is 52.1 Å². The number of nitrogens with one attached hydrogen (secondary N) is 1. The van der Waals surface area contributed by atoms with Gasteiger partial charge in [-0.15, -0.1) is 0 Å². The summed E-state index contributed by atoms with van der Waals surface area (Å²) in [7, 11) is 1.56. The second-order valence-electron chi connectivity index (χ2n) is 9.17. The molecule has 3 aromatic carbocycles. The first kappa shape index (κ1) is 32.1. The Labute approximate surface area is 245 Å². The number of hydrogen-bond acceptors (Lipinski definition) is 9. The average molecular weight is 580 g/mol. The van der Waals surface area contributed by atoms with Gasteiger partial charge in [-0.05, 0) is 79.2 Å². The second-order valence-corrected chi connectivity index (χ2v) is 9.17. The van der Waals surface area contributed by atoms with Gasteiger partial charge in [0.05, 0.1) is 45.0 Å². The van der Waals surface area contributed by atoms with Crippen LogP contribution in [-0.2, 0) is 19.0 Å². The van der Waals surface area contributed by atoms with Gasteiger partial charge in [-0.1, -0.05) is 13.8 Å². The highest BCUT2D eigenvalue weighted by Gasteiger charge is 2.12. The van der Waals surface area contributed by atoms with Crippen LogP contribution < -0.4 is 19.5 Å². The Kier molecular flexibility index (Phi) is 13.3. The summed E-state index contributed by atoms with van der Waals surface area (Å²) in [5, 5.41) is 2.80. The number of carbonyl (C=O) groups excluding carboxylic acids is 3. The first-order valence-corrected chi connectivity index (χ1v) is 13.7. The molecule has 0 aliphatic heterocycles. The number of ether oxygens (including phenoxy) is 6. The van der Waals surface area contributed by atoms with Gasteiger partial charge in [-0.25, -0.2) is 4.79 Å². The number of methoxy groups -OCH3 is 1. The van der Waals surface area contributed by atoms with Crippen molar-refractivity contribution >= 4 is 23.5 Å². The normalized spacial score (nSPS) is 11.3. The molecular formula is C32H37NO9. The first-order valence-electron chi connectivity index (χ1n) is 13.7. The monoisotopic (exact) mass is 579 g/mol. The molecule has 42 heavy (non-hydrogen) atoms. The van der Waals surface area contributed by atoms with Crippen LogP contribution in [0, 0.1) is 5.92 Å². The van der Waals surface area contributed by atoms with Gasteiger partial charge in [0.2, 0.25) is 0 Å². The van der Waals surface area contributed by atoms with E-state index in [0.717, 1.165) is 6.42 Å². The summed E-state index contributed by atoms with van der Waals surface area (Å²) in [5.41, 5.74) is 1.42. The molecule has 1 N–H and O–H groups in total. The summed E-state index contributed by atoms with van der Waals surface area (Å²) in [6.45, 7) is 5.81. The lowest BCUT2D eigenvalue weighted by Crippen LogP contribution is -2.18. The molecule has 0 aliphatic rings. The Morgan fingerprint density at radius 3 is 1.86 bits per heavy atom. The van der Waals surface area contributed by atoms with E-state index < -0.39 is 5.97 Å². The molecule has 1 amide bonds. The summed E-state index contributed by atoms with van der Waals surface area (Å²) in [4.78, 5) is 36.5. The minimum Gasteiger partial charge on any atom is -0.497 e. The van der Waals surface area contributed by atoms with Gasteiger partial charge in [-0.2, -0.15) is 0 Å². The van der Waals surface area contributed by atoms with Gasteiger partial charge in [0.15, 0.2) is 0 Å². The zero-order chi connectivity index (χ0) is 30.2. The number of rotatable bonds is 17. The second kappa shape index (κ2) is 17.4. The Balaban J connectivity index is 1.30. The number of benzene rings is 3. The highest BCUT2D eigenvalue weighted by molar-refractivity contribution is 6.04. The minimum atomic E-state index is -0.519. The van der Waals surface area contributed by atoms with Crippen molar-refractivity contribution in [2.24, 2.45) is 5.92 Å². The molecule has 0 aromatic heterocycles. The molecule has 0 spiro atoms. The zero-order valence-corrected chi connectivity index (χ0v) is 24.1. The third kappa shape index (κ3) is 10.9. The smallest absolute Gasteiger partial charge is 0.343 e. The van der Waals surface area contributed by atoms with Crippen LogP contribution in [0.4, 0.5) is 5.69 Å². The maximum absolute atomic E-state index is 12.5. The summed E-state index contributed by atoms with van der Waals surface area (Å²) in [6, 6.07) is 19.9. The highest BCUT2D eigenvalue weighted by atomic mass is 16.6. The molecule has 0 saturated carbocycles. The minimum absolute atomic E-state index is 0.100. The van der Waals surface area contributed by atoms with E-state index in [0.29, 0.717) is 67.1 Å². The van der Waals surface area contributed by atoms with E-state index in [2.05, 4.69) is 5.32 Å². The summed E-state index contributed by atoms with van der Waals surface area (Å²) in [5.74, 6) is 0.506. The number of esters is 2. The van der Waals surface area contributed by atoms with Crippen LogP contribution in [0.3, 0.4) is 0 Å². The van der Waals surface area contributed by atoms with Gasteiger partial charge in [0.1, 0.15) is 30.5 Å². The van der Waals surface area contributed by atoms with E-state index in [1.165, 1.54) is 0 Å². The van der Waals surface area contributed by atoms with Crippen LogP contribution in [0.5, 0.6) is 17.2 Å². The van der Waals surface area contributed by atoms with Crippen molar-refractivity contribution in [1.29, 1.82) is 0 Å². The lowest BCUT2D eigenvalue weighted by Gasteiger charge is -2.10. The Bertz CT molecular complexity index is 1260. The van der Waals surface area contributed by atoms with E-state index in [1.807, 2.05) is 13.8 Å². The number of anilines is 1. The van der Waals surface area contributed by atoms with Crippen molar-refractivity contribution in [1.82, 2.24) is 0 Å². The zero-order valence-electron chi connectivity index (χ0n) is 24.1. The first-order chi connectivity index (χ1) is 20.4. The van der Waals surface area contributed by atoms with Crippen molar-refractivity contribution in [3.05, 3.63) is 83.9 Å². The van der Waals surface area contributed by atoms with Gasteiger partial charge in [0, 0.05) is 11.3 Å². The molecule has 0 saturated heterocycles. The lowest BCUT2D eigenvalue weighted by molar-refractivity contribution is -0.149. The van der Waals surface area contributed by atoms with E-state index in [-0.39, 0.29) is 24.4 Å². The molecule has 1 atom stereocenters. The molecule has 10 heteroatoms. The van der Waals surface area contributed by atoms with Crippen LogP contribution in [0.1, 0.15) is 41.0 Å². The molecule has 0 bridgehead atoms. The number of hydrogen-bond donors (Lipinski definition) is 1. The van der Waals surface area contributed by atoms with Crippen molar-refractivity contribution in [3.8, 4) is 17.2 Å². The Morgan fingerprint density at radius 2 is 1.24 bits per heavy atom. The molecule has 0 heterocycles. The quantitative estimate of drug-likeness (QED) is 0.131. The van der Waals surface area contributed by atoms with Crippen molar-refractivity contribution in [2.45, 2.75) is 20.3 Å². The average Bonchev–Trinajstić information content (AvgIpc) is 3.02. The third-order valence-electron chi connectivity index (χ3n) is 6.12. The fraction of sp³-hybridized carbons (Fsp3) is 0.344. The van der Waals surface area contributed by atoms with E-state index >= 15 is 0 Å². The van der Waals surface area contributed by atoms with E-state index in [4.69, 9.17) is 28.4 Å². The number of carbonyl (C=O) groups is 3. The van der Waals surface area contributed by atoms with Crippen LogP contribution >= 0.6 is 0 Å². The van der Waals surface area contributed by atoms with Crippen molar-refractivity contribution in [3.63, 3.8) is 0 Å². The molecule has 0 fully saturated rings. The predicted molar refractivity (Wildman–Crippen MR) is 156 cm³/mol. The Hall–Kier alpha value is -4.41. The molecule has 0 radical (unpaired) electrons. The molecule has 3 rings (SSSR count). The van der Waals surface area contributed by atoms with Gasteiger partial charge < -0.3 is 33.7 Å². The molecule has 3 aromatic rings. The topological polar surface area (TPSA) is 119 Å². The lowest BCUT2D eigenvalue weighted by atomic mass is 10.1. The van der Waals surface area contributed by atoms with Crippen LogP contribution in [0.25, 0.3) is 0 Å². The van der Waals surface area contributed by atoms with Crippen LogP contribution in [-0.4, -0.2) is 64.6 Å². The van der Waals surface area contributed by atoms with Gasteiger partial charge >= 0.3 is 11.9 Å². The molecule has 0 aliphatic carbocycles. The Morgan fingerprint density at radius 1 is 0.690 bits per heavy atom. The molecule has 1 unspecified atom stereocenters. The fourth-order valence-corrected chi connectivity index (χ4v) is 3.46. The van der Waals surface area contributed by atoms with Gasteiger partial charge in [0.25, 0.3) is 5.91 Å². The van der Waals surface area contributed by atoms with E-state index in [1.54, 1.807) is 79.9 Å². The molecule has 10 nitrogen and oxygen atoms in total. The third-order valence-corrected chi connectivity index (χ3v) is 6.12. The van der Waals surface area contributed by atoms with E-state index in [9.17, 15) is 14.4 Å². The molecular weight excluding hydrogens is 542 g/mol. The maximum Gasteiger partial charge on any atom is 0.343 e. The SMILES string of the molecule is CCC(C)C(=O)OCCOCCOCCOc1ccc(C(=O)Oc2ccc(NC(=O)c3ccc(OC)cc3)cc2)cc1. The maximum atomic E-state index is 12.5. The summed E-state index contributed by atoms with van der Waals surface area (Å²) < 4.78 is 32.1. The highest BCUT2D eigenvalue weighted by Crippen LogP contribution is 2.20. The van der Waals surface area contributed by atoms with Crippen molar-refractivity contribution < 1.29 is 42.8 Å². The fourth-order valence-electron chi connectivity index (χ4n) is 3.46. The predicted octanol–water partition coefficient (Wildman–Crippen LogP) is 5.17. The summed E-state index contributed by atoms with van der Waals surface area (Å²) >= 11 is 0. The standard InChI is InChI=1S/C32H37NO9/c1-4-23(2)31(35)41-22-20-39-18-17-38-19-21-40-28-13-7-25(8-14-28)32(36)42-29-15-9-26(10-16-29)33-30(34)24-5-11-27(37-3)12-6-24/h5-16,23H,4,17-22H2,1-3H3,(H,33,34). The largest absolute Gasteiger partial charge is 0.497 e. The van der Waals surface area contributed by atoms with Crippen LogP contribution in [0.2, 0.25) is 0 Å². The van der Waals surface area contributed by atoms with Crippen LogP contribution in [0.15, 0.2) is 72.8 Å². The van der Waals surface area contributed by atoms with Gasteiger partial charge in [-0.3, -0.25) is 9.59 Å². The summed E-state index contributed by atoms with van der Waals surface area (Å²) in [6.07, 6.45) is 0.749. The molecule has 224 valence electrons. The number of amides is 1.